The van der Waals surface area contributed by atoms with Crippen LogP contribution in [0.1, 0.15) is 39.3 Å². The number of hydrogen-bond acceptors (Lipinski definition) is 6. The van der Waals surface area contributed by atoms with Crippen molar-refractivity contribution in [3.05, 3.63) is 18.1 Å². The van der Waals surface area contributed by atoms with Crippen LogP contribution in [-0.4, -0.2) is 51.9 Å². The lowest BCUT2D eigenvalue weighted by Gasteiger charge is -2.32. The van der Waals surface area contributed by atoms with E-state index in [1.807, 2.05) is 27.0 Å². The number of likely N-dealkylation sites (tertiary alicyclic amines) is 1. The summed E-state index contributed by atoms with van der Waals surface area (Å²) >= 11 is 1.62. The first-order valence-electron chi connectivity index (χ1n) is 7.93. The minimum atomic E-state index is -0.453. The zero-order valence-electron chi connectivity index (χ0n) is 14.3. The van der Waals surface area contributed by atoms with Gasteiger partial charge in [0.25, 0.3) is 0 Å². The van der Waals surface area contributed by atoms with E-state index in [0.29, 0.717) is 0 Å². The van der Waals surface area contributed by atoms with Gasteiger partial charge >= 0.3 is 6.09 Å². The Morgan fingerprint density at radius 2 is 2.00 bits per heavy atom. The number of carbonyl (C=O) groups is 1. The van der Waals surface area contributed by atoms with Crippen LogP contribution in [0.2, 0.25) is 0 Å². The first-order chi connectivity index (χ1) is 10.9. The quantitative estimate of drug-likeness (QED) is 0.852. The molecule has 1 saturated heterocycles. The molecule has 0 aliphatic carbocycles. The van der Waals surface area contributed by atoms with Gasteiger partial charge in [-0.3, -0.25) is 9.88 Å². The maximum atomic E-state index is 11.8. The van der Waals surface area contributed by atoms with E-state index in [1.54, 1.807) is 24.2 Å². The van der Waals surface area contributed by atoms with E-state index in [2.05, 4.69) is 20.2 Å². The van der Waals surface area contributed by atoms with E-state index in [-0.39, 0.29) is 12.1 Å². The fourth-order valence-corrected chi connectivity index (χ4v) is 3.07. The molecule has 0 atom stereocenters. The molecule has 1 fully saturated rings. The van der Waals surface area contributed by atoms with Crippen LogP contribution in [0.5, 0.6) is 0 Å². The van der Waals surface area contributed by atoms with Crippen molar-refractivity contribution < 1.29 is 9.53 Å². The number of hydrogen-bond donors (Lipinski definition) is 1. The summed E-state index contributed by atoms with van der Waals surface area (Å²) in [6.07, 6.45) is 7.01. The van der Waals surface area contributed by atoms with Crippen LogP contribution in [-0.2, 0) is 11.3 Å². The predicted molar refractivity (Wildman–Crippen MR) is 91.5 cm³/mol. The fraction of sp³-hybridized carbons (Fsp3) is 0.688. The fourth-order valence-electron chi connectivity index (χ4n) is 2.55. The van der Waals surface area contributed by atoms with E-state index in [0.717, 1.165) is 43.2 Å². The van der Waals surface area contributed by atoms with Gasteiger partial charge in [0.2, 0.25) is 0 Å². The Morgan fingerprint density at radius 1 is 1.35 bits per heavy atom. The summed E-state index contributed by atoms with van der Waals surface area (Å²) in [7, 11) is 0. The van der Waals surface area contributed by atoms with Crippen molar-refractivity contribution in [3.8, 4) is 0 Å². The molecule has 2 rings (SSSR count). The average molecular weight is 338 g/mol. The smallest absolute Gasteiger partial charge is 0.407 e. The molecule has 0 saturated carbocycles. The van der Waals surface area contributed by atoms with Crippen LogP contribution in [0.25, 0.3) is 0 Å². The summed E-state index contributed by atoms with van der Waals surface area (Å²) in [4.78, 5) is 23.0. The van der Waals surface area contributed by atoms with Crippen LogP contribution in [0.3, 0.4) is 0 Å². The molecule has 0 unspecified atom stereocenters. The number of carbonyl (C=O) groups excluding carboxylic acids is 1. The molecule has 1 amide bonds. The van der Waals surface area contributed by atoms with Crippen LogP contribution in [0.4, 0.5) is 4.79 Å². The summed E-state index contributed by atoms with van der Waals surface area (Å²) in [5.41, 5.74) is 0.573. The van der Waals surface area contributed by atoms with Crippen molar-refractivity contribution in [2.24, 2.45) is 0 Å². The molecule has 2 heterocycles. The van der Waals surface area contributed by atoms with Crippen molar-refractivity contribution in [1.82, 2.24) is 20.2 Å². The molecule has 1 aromatic heterocycles. The van der Waals surface area contributed by atoms with Gasteiger partial charge in [0, 0.05) is 38.1 Å². The van der Waals surface area contributed by atoms with Gasteiger partial charge < -0.3 is 10.1 Å². The molecule has 1 aliphatic heterocycles. The predicted octanol–water partition coefficient (Wildman–Crippen LogP) is 2.69. The molecule has 1 N–H and O–H groups in total. The molecular weight excluding hydrogens is 312 g/mol. The zero-order chi connectivity index (χ0) is 16.9. The number of piperidine rings is 1. The highest BCUT2D eigenvalue weighted by Crippen LogP contribution is 2.19. The summed E-state index contributed by atoms with van der Waals surface area (Å²) in [5.74, 6) is 0. The lowest BCUT2D eigenvalue weighted by atomic mass is 10.1. The number of thioether (sulfide) groups is 1. The number of nitrogens with zero attached hydrogens (tertiary/aromatic N) is 3. The first kappa shape index (κ1) is 18.0. The van der Waals surface area contributed by atoms with E-state index in [4.69, 9.17) is 4.74 Å². The molecule has 0 spiro atoms. The Kier molecular flexibility index (Phi) is 6.24. The third-order valence-corrected chi connectivity index (χ3v) is 4.34. The monoisotopic (exact) mass is 338 g/mol. The van der Waals surface area contributed by atoms with Gasteiger partial charge in [-0.1, -0.05) is 0 Å². The Balaban J connectivity index is 1.79. The van der Waals surface area contributed by atoms with Gasteiger partial charge in [-0.15, -0.1) is 11.8 Å². The maximum Gasteiger partial charge on any atom is 0.407 e. The van der Waals surface area contributed by atoms with E-state index >= 15 is 0 Å². The largest absolute Gasteiger partial charge is 0.444 e. The SMILES string of the molecule is CSc1nccnc1CN1CCC(NC(=O)OC(C)(C)C)CC1. The van der Waals surface area contributed by atoms with Gasteiger partial charge in [0.1, 0.15) is 10.6 Å². The first-order valence-corrected chi connectivity index (χ1v) is 9.15. The Morgan fingerprint density at radius 3 is 2.61 bits per heavy atom. The second-order valence-corrected chi connectivity index (χ2v) is 7.50. The molecule has 0 radical (unpaired) electrons. The van der Waals surface area contributed by atoms with Crippen LogP contribution < -0.4 is 5.32 Å². The summed E-state index contributed by atoms with van der Waals surface area (Å²) in [5, 5.41) is 3.95. The number of aromatic nitrogens is 2. The molecule has 0 bridgehead atoms. The number of amides is 1. The topological polar surface area (TPSA) is 67.4 Å². The molecule has 1 aromatic rings. The summed E-state index contributed by atoms with van der Waals surface area (Å²) in [6, 6.07) is 0.183. The van der Waals surface area contributed by atoms with Crippen molar-refractivity contribution in [3.63, 3.8) is 0 Å². The number of alkyl carbamates (subject to hydrolysis) is 1. The summed E-state index contributed by atoms with van der Waals surface area (Å²) < 4.78 is 5.31. The third-order valence-electron chi connectivity index (χ3n) is 3.61. The van der Waals surface area contributed by atoms with Crippen LogP contribution in [0.15, 0.2) is 17.4 Å². The van der Waals surface area contributed by atoms with E-state index < -0.39 is 5.60 Å². The van der Waals surface area contributed by atoms with Crippen LogP contribution >= 0.6 is 11.8 Å². The lowest BCUT2D eigenvalue weighted by Crippen LogP contribution is -2.45. The van der Waals surface area contributed by atoms with Gasteiger partial charge in [0.15, 0.2) is 0 Å². The Bertz CT molecular complexity index is 525. The van der Waals surface area contributed by atoms with Gasteiger partial charge in [0.05, 0.1) is 5.69 Å². The Labute approximate surface area is 142 Å². The lowest BCUT2D eigenvalue weighted by molar-refractivity contribution is 0.0477. The molecule has 7 heteroatoms. The number of nitrogens with one attached hydrogen (secondary N) is 1. The number of rotatable bonds is 4. The molecule has 1 aliphatic rings. The minimum Gasteiger partial charge on any atom is -0.444 e. The van der Waals surface area contributed by atoms with Crippen molar-refractivity contribution in [1.29, 1.82) is 0 Å². The van der Waals surface area contributed by atoms with Crippen molar-refractivity contribution in [2.45, 2.75) is 56.8 Å². The molecule has 128 valence electrons. The standard InChI is InChI=1S/C16H26N4O2S/c1-16(2,3)22-15(21)19-12-5-9-20(10-6-12)11-13-14(23-4)18-8-7-17-13/h7-8,12H,5-6,9-11H2,1-4H3,(H,19,21). The van der Waals surface area contributed by atoms with Crippen molar-refractivity contribution in [2.75, 3.05) is 19.3 Å². The van der Waals surface area contributed by atoms with E-state index in [1.165, 1.54) is 0 Å². The second kappa shape index (κ2) is 7.97. The van der Waals surface area contributed by atoms with Crippen LogP contribution in [0, 0.1) is 0 Å². The maximum absolute atomic E-state index is 11.8. The Hall–Kier alpha value is -1.34. The number of ether oxygens (including phenoxy) is 1. The van der Waals surface area contributed by atoms with Gasteiger partial charge in [-0.05, 0) is 39.9 Å². The molecule has 0 aromatic carbocycles. The van der Waals surface area contributed by atoms with Crippen molar-refractivity contribution >= 4 is 17.9 Å². The highest BCUT2D eigenvalue weighted by atomic mass is 32.2. The third kappa shape index (κ3) is 5.99. The highest BCUT2D eigenvalue weighted by Gasteiger charge is 2.24. The summed E-state index contributed by atoms with van der Waals surface area (Å²) in [6.45, 7) is 8.30. The minimum absolute atomic E-state index is 0.183. The molecule has 6 nitrogen and oxygen atoms in total. The second-order valence-electron chi connectivity index (χ2n) is 6.71. The van der Waals surface area contributed by atoms with Gasteiger partial charge in [-0.2, -0.15) is 0 Å². The van der Waals surface area contributed by atoms with E-state index in [9.17, 15) is 4.79 Å². The highest BCUT2D eigenvalue weighted by molar-refractivity contribution is 7.98. The normalized spacial score (nSPS) is 17.0. The average Bonchev–Trinajstić information content (AvgIpc) is 2.48. The molecule has 23 heavy (non-hydrogen) atoms. The zero-order valence-corrected chi connectivity index (χ0v) is 15.2. The molecular formula is C16H26N4O2S. The van der Waals surface area contributed by atoms with Gasteiger partial charge in [-0.25, -0.2) is 9.78 Å².